The molecule has 0 bridgehead atoms. The van der Waals surface area contributed by atoms with Crippen molar-refractivity contribution in [2.45, 2.75) is 24.8 Å². The fourth-order valence-corrected chi connectivity index (χ4v) is 2.34. The molecule has 1 unspecified atom stereocenters. The molecule has 2 aliphatic rings. The lowest BCUT2D eigenvalue weighted by molar-refractivity contribution is 0.196. The van der Waals surface area contributed by atoms with E-state index < -0.39 is 0 Å². The van der Waals surface area contributed by atoms with Crippen LogP contribution in [-0.4, -0.2) is 37.1 Å². The zero-order valence-corrected chi connectivity index (χ0v) is 6.69. The molecule has 1 atom stereocenters. The van der Waals surface area contributed by atoms with Crippen LogP contribution in [0.1, 0.15) is 19.3 Å². The van der Waals surface area contributed by atoms with Gasteiger partial charge in [0.25, 0.3) is 0 Å². The highest BCUT2D eigenvalue weighted by Crippen LogP contribution is 2.32. The minimum absolute atomic E-state index is 0.569. The van der Waals surface area contributed by atoms with Gasteiger partial charge in [-0.05, 0) is 39.4 Å². The van der Waals surface area contributed by atoms with Crippen LogP contribution in [0.3, 0.4) is 0 Å². The first kappa shape index (κ1) is 6.62. The smallest absolute Gasteiger partial charge is 0.0343 e. The van der Waals surface area contributed by atoms with E-state index in [4.69, 9.17) is 0 Å². The number of nitrogens with zero attached hydrogens (tertiary/aromatic N) is 1. The normalized spacial score (nSPS) is 41.7. The maximum absolute atomic E-state index is 3.44. The number of nitrogens with one attached hydrogen (secondary N) is 1. The van der Waals surface area contributed by atoms with Gasteiger partial charge >= 0.3 is 0 Å². The molecule has 0 radical (unpaired) electrons. The second-order valence-corrected chi connectivity index (χ2v) is 3.68. The van der Waals surface area contributed by atoms with Gasteiger partial charge in [-0.3, -0.25) is 4.90 Å². The molecule has 2 nitrogen and oxygen atoms in total. The number of likely N-dealkylation sites (N-methyl/N-ethyl adjacent to an activating group) is 1. The molecule has 1 spiro atoms. The van der Waals surface area contributed by atoms with Gasteiger partial charge in [-0.15, -0.1) is 0 Å². The van der Waals surface area contributed by atoms with Crippen molar-refractivity contribution in [1.82, 2.24) is 10.2 Å². The minimum atomic E-state index is 0.569. The lowest BCUT2D eigenvalue weighted by Gasteiger charge is -2.30. The average molecular weight is 140 g/mol. The average Bonchev–Trinajstić information content (AvgIpc) is 2.48. The van der Waals surface area contributed by atoms with Crippen LogP contribution in [0.15, 0.2) is 0 Å². The van der Waals surface area contributed by atoms with Gasteiger partial charge in [0.2, 0.25) is 0 Å². The summed E-state index contributed by atoms with van der Waals surface area (Å²) in [7, 11) is 2.26. The monoisotopic (exact) mass is 140 g/mol. The zero-order valence-electron chi connectivity index (χ0n) is 6.69. The fraction of sp³-hybridized carbons (Fsp3) is 1.00. The third-order valence-electron chi connectivity index (χ3n) is 3.17. The maximum atomic E-state index is 3.44. The first-order valence-electron chi connectivity index (χ1n) is 4.25. The third-order valence-corrected chi connectivity index (χ3v) is 3.17. The van der Waals surface area contributed by atoms with E-state index in [1.807, 2.05) is 0 Å². The van der Waals surface area contributed by atoms with Crippen LogP contribution >= 0.6 is 0 Å². The molecular formula is C8H16N2. The highest BCUT2D eigenvalue weighted by atomic mass is 15.2. The molecule has 0 aromatic heterocycles. The Bertz CT molecular complexity index is 122. The lowest BCUT2D eigenvalue weighted by atomic mass is 9.96. The largest absolute Gasteiger partial charge is 0.315 e. The molecule has 2 heteroatoms. The van der Waals surface area contributed by atoms with E-state index in [-0.39, 0.29) is 0 Å². The summed E-state index contributed by atoms with van der Waals surface area (Å²) in [6.07, 6.45) is 4.18. The summed E-state index contributed by atoms with van der Waals surface area (Å²) in [4.78, 5) is 2.53. The van der Waals surface area contributed by atoms with Crippen molar-refractivity contribution in [3.8, 4) is 0 Å². The molecule has 2 aliphatic heterocycles. The molecular weight excluding hydrogens is 124 g/mol. The summed E-state index contributed by atoms with van der Waals surface area (Å²) < 4.78 is 0. The number of hydrogen-bond acceptors (Lipinski definition) is 2. The number of likely N-dealkylation sites (tertiary alicyclic amines) is 1. The SMILES string of the molecule is CN1CCCC12CCNC2. The van der Waals surface area contributed by atoms with Crippen molar-refractivity contribution >= 4 is 0 Å². The molecule has 0 aliphatic carbocycles. The van der Waals surface area contributed by atoms with E-state index in [0.29, 0.717) is 5.54 Å². The van der Waals surface area contributed by atoms with Crippen molar-refractivity contribution in [3.63, 3.8) is 0 Å². The predicted octanol–water partition coefficient (Wildman–Crippen LogP) is 0.444. The van der Waals surface area contributed by atoms with Crippen LogP contribution in [0.5, 0.6) is 0 Å². The van der Waals surface area contributed by atoms with Gasteiger partial charge in [-0.2, -0.15) is 0 Å². The molecule has 0 amide bonds. The van der Waals surface area contributed by atoms with E-state index in [0.717, 1.165) is 0 Å². The molecule has 2 rings (SSSR count). The van der Waals surface area contributed by atoms with Crippen LogP contribution in [-0.2, 0) is 0 Å². The van der Waals surface area contributed by atoms with Crippen molar-refractivity contribution in [2.75, 3.05) is 26.7 Å². The van der Waals surface area contributed by atoms with Crippen LogP contribution < -0.4 is 5.32 Å². The van der Waals surface area contributed by atoms with Gasteiger partial charge in [-0.1, -0.05) is 0 Å². The fourth-order valence-electron chi connectivity index (χ4n) is 2.34. The van der Waals surface area contributed by atoms with E-state index in [2.05, 4.69) is 17.3 Å². The summed E-state index contributed by atoms with van der Waals surface area (Å²) >= 11 is 0. The molecule has 2 heterocycles. The molecule has 0 saturated carbocycles. The van der Waals surface area contributed by atoms with E-state index in [9.17, 15) is 0 Å². The molecule has 1 N–H and O–H groups in total. The molecule has 2 fully saturated rings. The second kappa shape index (κ2) is 2.21. The Labute approximate surface area is 62.6 Å². The lowest BCUT2D eigenvalue weighted by Crippen LogP contribution is -2.42. The summed E-state index contributed by atoms with van der Waals surface area (Å²) in [5, 5.41) is 3.44. The van der Waals surface area contributed by atoms with Crippen molar-refractivity contribution < 1.29 is 0 Å². The van der Waals surface area contributed by atoms with Crippen LogP contribution in [0, 0.1) is 0 Å². The molecule has 10 heavy (non-hydrogen) atoms. The third kappa shape index (κ3) is 0.789. The van der Waals surface area contributed by atoms with Crippen LogP contribution in [0.4, 0.5) is 0 Å². The Kier molecular flexibility index (Phi) is 1.46. The van der Waals surface area contributed by atoms with Gasteiger partial charge in [0.15, 0.2) is 0 Å². The topological polar surface area (TPSA) is 15.3 Å². The summed E-state index contributed by atoms with van der Waals surface area (Å²) in [5.74, 6) is 0. The minimum Gasteiger partial charge on any atom is -0.315 e. The van der Waals surface area contributed by atoms with Gasteiger partial charge < -0.3 is 5.32 Å². The first-order chi connectivity index (χ1) is 4.83. The van der Waals surface area contributed by atoms with Gasteiger partial charge in [0, 0.05) is 12.1 Å². The zero-order chi connectivity index (χ0) is 7.03. The first-order valence-corrected chi connectivity index (χ1v) is 4.25. The highest BCUT2D eigenvalue weighted by Gasteiger charge is 2.40. The van der Waals surface area contributed by atoms with Crippen molar-refractivity contribution in [3.05, 3.63) is 0 Å². The Morgan fingerprint density at radius 1 is 1.40 bits per heavy atom. The van der Waals surface area contributed by atoms with E-state index >= 15 is 0 Å². The van der Waals surface area contributed by atoms with Crippen molar-refractivity contribution in [2.24, 2.45) is 0 Å². The molecule has 58 valence electrons. The molecule has 0 aromatic rings. The van der Waals surface area contributed by atoms with Gasteiger partial charge in [0.05, 0.1) is 0 Å². The van der Waals surface area contributed by atoms with Gasteiger partial charge in [0.1, 0.15) is 0 Å². The van der Waals surface area contributed by atoms with Crippen LogP contribution in [0.25, 0.3) is 0 Å². The standard InChI is InChI=1S/C8H16N2/c1-10-6-2-3-8(10)4-5-9-7-8/h9H,2-7H2,1H3. The Morgan fingerprint density at radius 3 is 2.80 bits per heavy atom. The second-order valence-electron chi connectivity index (χ2n) is 3.68. The highest BCUT2D eigenvalue weighted by molar-refractivity contribution is 4.99. The Morgan fingerprint density at radius 2 is 2.30 bits per heavy atom. The Hall–Kier alpha value is -0.0800. The van der Waals surface area contributed by atoms with E-state index in [1.54, 1.807) is 0 Å². The summed E-state index contributed by atoms with van der Waals surface area (Å²) in [6, 6.07) is 0. The van der Waals surface area contributed by atoms with Crippen LogP contribution in [0.2, 0.25) is 0 Å². The summed E-state index contributed by atoms with van der Waals surface area (Å²) in [6.45, 7) is 3.76. The molecule has 2 saturated heterocycles. The Balaban J connectivity index is 2.11. The predicted molar refractivity (Wildman–Crippen MR) is 42.1 cm³/mol. The molecule has 0 aromatic carbocycles. The van der Waals surface area contributed by atoms with Gasteiger partial charge in [-0.25, -0.2) is 0 Å². The maximum Gasteiger partial charge on any atom is 0.0343 e. The summed E-state index contributed by atoms with van der Waals surface area (Å²) in [5.41, 5.74) is 0.569. The number of hydrogen-bond donors (Lipinski definition) is 1. The van der Waals surface area contributed by atoms with E-state index in [1.165, 1.54) is 38.9 Å². The quantitative estimate of drug-likeness (QED) is 0.525. The number of rotatable bonds is 0. The van der Waals surface area contributed by atoms with Crippen molar-refractivity contribution in [1.29, 1.82) is 0 Å².